The maximum atomic E-state index is 12.5. The predicted octanol–water partition coefficient (Wildman–Crippen LogP) is 0.299. The number of aliphatic hydroxyl groups is 2. The number of hydrogen-bond donors (Lipinski definition) is 2. The highest BCUT2D eigenvalue weighted by Gasteiger charge is 2.87. The Morgan fingerprint density at radius 3 is 2.82 bits per heavy atom. The zero-order valence-electron chi connectivity index (χ0n) is 16.2. The fraction of sp³-hybridized carbons (Fsp3) is 0.800. The van der Waals surface area contributed by atoms with E-state index in [1.165, 1.54) is 0 Å². The van der Waals surface area contributed by atoms with Crippen LogP contribution in [0.2, 0.25) is 0 Å². The Labute approximate surface area is 162 Å². The van der Waals surface area contributed by atoms with Gasteiger partial charge in [0.1, 0.15) is 29.5 Å². The van der Waals surface area contributed by atoms with E-state index >= 15 is 0 Å². The Kier molecular flexibility index (Phi) is 3.55. The molecule has 0 bridgehead atoms. The molecule has 3 heterocycles. The van der Waals surface area contributed by atoms with Gasteiger partial charge in [0.25, 0.3) is 0 Å². The topological polar surface area (TPSA) is 115 Å². The molecule has 154 valence electrons. The van der Waals surface area contributed by atoms with E-state index in [9.17, 15) is 19.8 Å². The lowest BCUT2D eigenvalue weighted by Gasteiger charge is -2.36. The molecule has 2 N–H and O–H groups in total. The summed E-state index contributed by atoms with van der Waals surface area (Å²) < 4.78 is 22.9. The first-order valence-corrected chi connectivity index (χ1v) is 9.93. The fourth-order valence-electron chi connectivity index (χ4n) is 6.00. The molecular weight excluding hydrogens is 368 g/mol. The number of epoxide rings is 1. The summed E-state index contributed by atoms with van der Waals surface area (Å²) in [6, 6.07) is 0. The molecule has 0 aromatic rings. The van der Waals surface area contributed by atoms with Gasteiger partial charge in [-0.2, -0.15) is 0 Å². The Morgan fingerprint density at radius 2 is 2.14 bits per heavy atom. The Bertz CT molecular complexity index is 780. The van der Waals surface area contributed by atoms with Gasteiger partial charge in [0.2, 0.25) is 5.79 Å². The van der Waals surface area contributed by atoms with Gasteiger partial charge in [-0.25, -0.2) is 4.79 Å². The highest BCUT2D eigenvalue weighted by atomic mass is 16.7. The summed E-state index contributed by atoms with van der Waals surface area (Å²) in [5.41, 5.74) is -1.97. The Hall–Kier alpha value is -1.48. The van der Waals surface area contributed by atoms with Crippen molar-refractivity contribution in [2.45, 2.75) is 68.9 Å². The first kappa shape index (κ1) is 18.5. The van der Waals surface area contributed by atoms with E-state index in [0.717, 1.165) is 0 Å². The smallest absolute Gasteiger partial charge is 0.334 e. The monoisotopic (exact) mass is 394 g/mol. The molecule has 5 aliphatic rings. The van der Waals surface area contributed by atoms with Crippen molar-refractivity contribution in [2.75, 3.05) is 6.61 Å². The molecular formula is C20H26O8. The van der Waals surface area contributed by atoms with Crippen LogP contribution in [0.4, 0.5) is 0 Å². The molecule has 0 radical (unpaired) electrons. The quantitative estimate of drug-likeness (QED) is 0.399. The maximum absolute atomic E-state index is 12.5. The van der Waals surface area contributed by atoms with Crippen molar-refractivity contribution in [3.05, 3.63) is 12.2 Å². The maximum Gasteiger partial charge on any atom is 0.334 e. The lowest BCUT2D eigenvalue weighted by molar-refractivity contribution is -0.220. The molecule has 0 amide bonds. The number of fused-ring (bicyclic) bond motifs is 5. The van der Waals surface area contributed by atoms with Gasteiger partial charge in [0.15, 0.2) is 0 Å². The van der Waals surface area contributed by atoms with E-state index in [2.05, 4.69) is 6.58 Å². The van der Waals surface area contributed by atoms with Gasteiger partial charge in [0.05, 0.1) is 24.4 Å². The summed E-state index contributed by atoms with van der Waals surface area (Å²) in [7, 11) is 0. The summed E-state index contributed by atoms with van der Waals surface area (Å²) in [4.78, 5) is 24.9. The molecule has 2 saturated carbocycles. The van der Waals surface area contributed by atoms with Gasteiger partial charge >= 0.3 is 11.9 Å². The molecule has 2 aliphatic carbocycles. The largest absolute Gasteiger partial charge is 0.461 e. The van der Waals surface area contributed by atoms with Crippen molar-refractivity contribution in [3.63, 3.8) is 0 Å². The van der Waals surface area contributed by atoms with Crippen LogP contribution in [0.25, 0.3) is 0 Å². The van der Waals surface area contributed by atoms with Crippen molar-refractivity contribution in [1.82, 2.24) is 0 Å². The minimum absolute atomic E-state index is 0.0400. The van der Waals surface area contributed by atoms with Crippen LogP contribution in [0.3, 0.4) is 0 Å². The molecule has 0 unspecified atom stereocenters. The number of rotatable bonds is 3. The fourth-order valence-corrected chi connectivity index (χ4v) is 6.00. The molecule has 3 saturated heterocycles. The summed E-state index contributed by atoms with van der Waals surface area (Å²) in [6.45, 7) is 9.27. The first-order chi connectivity index (χ1) is 13.1. The van der Waals surface area contributed by atoms with Crippen molar-refractivity contribution >= 4 is 11.9 Å². The first-order valence-electron chi connectivity index (χ1n) is 9.93. The van der Waals surface area contributed by atoms with E-state index in [1.807, 2.05) is 13.8 Å². The summed E-state index contributed by atoms with van der Waals surface area (Å²) in [5.74, 6) is -4.69. The van der Waals surface area contributed by atoms with Gasteiger partial charge in [-0.05, 0) is 13.3 Å². The summed E-state index contributed by atoms with van der Waals surface area (Å²) in [6.07, 6.45) is -1.44. The molecule has 3 aliphatic heterocycles. The number of ether oxygens (including phenoxy) is 4. The number of carbonyl (C=O) groups excluding carboxylic acids is 2. The van der Waals surface area contributed by atoms with Crippen LogP contribution in [0.1, 0.15) is 33.6 Å². The van der Waals surface area contributed by atoms with Crippen LogP contribution < -0.4 is 0 Å². The van der Waals surface area contributed by atoms with Crippen LogP contribution in [-0.2, 0) is 28.5 Å². The molecule has 8 heteroatoms. The Morgan fingerprint density at radius 1 is 1.43 bits per heavy atom. The van der Waals surface area contributed by atoms with Crippen LogP contribution in [0.5, 0.6) is 0 Å². The highest BCUT2D eigenvalue weighted by molar-refractivity contribution is 5.91. The zero-order chi connectivity index (χ0) is 20.2. The molecule has 0 aromatic carbocycles. The lowest BCUT2D eigenvalue weighted by Crippen LogP contribution is -2.50. The summed E-state index contributed by atoms with van der Waals surface area (Å²) in [5, 5.41) is 22.6. The molecule has 5 rings (SSSR count). The van der Waals surface area contributed by atoms with Gasteiger partial charge < -0.3 is 29.2 Å². The van der Waals surface area contributed by atoms with Crippen molar-refractivity contribution in [2.24, 2.45) is 23.7 Å². The Balaban J connectivity index is 1.58. The molecule has 28 heavy (non-hydrogen) atoms. The summed E-state index contributed by atoms with van der Waals surface area (Å²) >= 11 is 0. The van der Waals surface area contributed by atoms with E-state index in [1.54, 1.807) is 6.92 Å². The van der Waals surface area contributed by atoms with Gasteiger partial charge in [-0.15, -0.1) is 0 Å². The third-order valence-electron chi connectivity index (χ3n) is 7.66. The third kappa shape index (κ3) is 2.04. The minimum Gasteiger partial charge on any atom is -0.461 e. The number of esters is 2. The van der Waals surface area contributed by atoms with E-state index in [0.29, 0.717) is 6.42 Å². The van der Waals surface area contributed by atoms with Crippen LogP contribution in [-0.4, -0.2) is 64.1 Å². The normalized spacial score (nSPS) is 54.3. The molecule has 8 nitrogen and oxygen atoms in total. The lowest BCUT2D eigenvalue weighted by atomic mass is 9.74. The SMILES string of the molecule is C=C1C(=O)O[C@H]2[C@H]1[C@H](OC(=O)[C@@H](C)CC)C[C@]1(O)CO[C@@]3(O)[C@@H]1[C@@H]2[C@]1(C)O[C@@H]13. The van der Waals surface area contributed by atoms with Crippen LogP contribution >= 0.6 is 0 Å². The molecule has 0 aromatic heterocycles. The second-order valence-electron chi connectivity index (χ2n) is 9.24. The molecule has 5 fully saturated rings. The average molecular weight is 394 g/mol. The predicted molar refractivity (Wildman–Crippen MR) is 92.6 cm³/mol. The van der Waals surface area contributed by atoms with Crippen LogP contribution in [0, 0.1) is 23.7 Å². The standard InChI is InChI=1S/C20H26O8/c1-5-8(2)15(21)26-10-6-19(23)7-25-20(24)14(19)12(18(4)17(20)28-18)13-11(10)9(3)16(22)27-13/h8,10-14,17,23-24H,3,5-7H2,1-2,4H3/t8-,10+,11+,12+,13-,14+,17-,18-,19-,20-/m0/s1. The third-order valence-corrected chi connectivity index (χ3v) is 7.66. The number of hydrogen-bond acceptors (Lipinski definition) is 8. The average Bonchev–Trinajstić information content (AvgIpc) is 3.12. The van der Waals surface area contributed by atoms with Gasteiger partial charge in [-0.3, -0.25) is 4.79 Å². The highest BCUT2D eigenvalue weighted by Crippen LogP contribution is 2.70. The second kappa shape index (κ2) is 5.36. The van der Waals surface area contributed by atoms with Gasteiger partial charge in [-0.1, -0.05) is 20.4 Å². The van der Waals surface area contributed by atoms with Crippen molar-refractivity contribution in [3.8, 4) is 0 Å². The van der Waals surface area contributed by atoms with E-state index in [4.69, 9.17) is 18.9 Å². The van der Waals surface area contributed by atoms with E-state index in [-0.39, 0.29) is 24.5 Å². The molecule has 0 spiro atoms. The number of carbonyl (C=O) groups is 2. The van der Waals surface area contributed by atoms with Crippen molar-refractivity contribution in [1.29, 1.82) is 0 Å². The molecule has 10 atom stereocenters. The van der Waals surface area contributed by atoms with Gasteiger partial charge in [0, 0.05) is 17.9 Å². The van der Waals surface area contributed by atoms with Crippen LogP contribution in [0.15, 0.2) is 12.2 Å². The second-order valence-corrected chi connectivity index (χ2v) is 9.24. The zero-order valence-corrected chi connectivity index (χ0v) is 16.2. The van der Waals surface area contributed by atoms with E-state index < -0.39 is 65.0 Å². The van der Waals surface area contributed by atoms with Crippen molar-refractivity contribution < 1.29 is 38.7 Å². The minimum atomic E-state index is -1.65.